The molecule has 0 aliphatic carbocycles. The van der Waals surface area contributed by atoms with Crippen LogP contribution < -0.4 is 4.74 Å². The molecule has 0 unspecified atom stereocenters. The summed E-state index contributed by atoms with van der Waals surface area (Å²) >= 11 is 0. The van der Waals surface area contributed by atoms with Gasteiger partial charge in [-0.15, -0.1) is 0 Å². The molecule has 1 aromatic heterocycles. The molecule has 2 rings (SSSR count). The predicted molar refractivity (Wildman–Crippen MR) is 64.8 cm³/mol. The topological polar surface area (TPSA) is 61.7 Å². The van der Waals surface area contributed by atoms with Gasteiger partial charge in [-0.3, -0.25) is 5.10 Å². The van der Waals surface area contributed by atoms with Crippen molar-refractivity contribution >= 4 is 0 Å². The summed E-state index contributed by atoms with van der Waals surface area (Å²) in [5.41, 5.74) is 4.36. The van der Waals surface area contributed by atoms with Crippen LogP contribution in [-0.2, 0) is 0 Å². The monoisotopic (exact) mass is 227 g/mol. The molecule has 86 valence electrons. The van der Waals surface area contributed by atoms with E-state index in [0.29, 0.717) is 5.69 Å². The van der Waals surface area contributed by atoms with E-state index in [9.17, 15) is 0 Å². The maximum Gasteiger partial charge on any atom is 0.162 e. The summed E-state index contributed by atoms with van der Waals surface area (Å²) < 4.78 is 5.37. The lowest BCUT2D eigenvalue weighted by Gasteiger charge is -2.11. The Morgan fingerprint density at radius 3 is 2.65 bits per heavy atom. The van der Waals surface area contributed by atoms with Crippen LogP contribution in [0.1, 0.15) is 16.8 Å². The Morgan fingerprint density at radius 2 is 2.06 bits per heavy atom. The summed E-state index contributed by atoms with van der Waals surface area (Å²) in [4.78, 5) is 0. The van der Waals surface area contributed by atoms with Crippen molar-refractivity contribution in [2.24, 2.45) is 0 Å². The van der Waals surface area contributed by atoms with Crippen molar-refractivity contribution in [1.82, 2.24) is 10.2 Å². The van der Waals surface area contributed by atoms with Gasteiger partial charge in [-0.2, -0.15) is 10.4 Å². The summed E-state index contributed by atoms with van der Waals surface area (Å²) in [6.45, 7) is 4.03. The van der Waals surface area contributed by atoms with Crippen LogP contribution in [0.2, 0.25) is 0 Å². The molecular formula is C13H13N3O. The summed E-state index contributed by atoms with van der Waals surface area (Å²) in [5.74, 6) is 0.788. The van der Waals surface area contributed by atoms with Gasteiger partial charge in [-0.25, -0.2) is 0 Å². The molecule has 17 heavy (non-hydrogen) atoms. The minimum atomic E-state index is 0.377. The number of benzene rings is 1. The molecule has 0 aliphatic rings. The molecule has 1 N–H and O–H groups in total. The van der Waals surface area contributed by atoms with E-state index in [1.807, 2.05) is 26.0 Å². The highest BCUT2D eigenvalue weighted by molar-refractivity contribution is 5.72. The number of aromatic amines is 1. The number of nitriles is 1. The fourth-order valence-corrected chi connectivity index (χ4v) is 1.94. The van der Waals surface area contributed by atoms with Crippen molar-refractivity contribution < 1.29 is 4.74 Å². The van der Waals surface area contributed by atoms with Gasteiger partial charge >= 0.3 is 0 Å². The zero-order valence-corrected chi connectivity index (χ0v) is 10.0. The fourth-order valence-electron chi connectivity index (χ4n) is 1.94. The first kappa shape index (κ1) is 11.2. The highest BCUT2D eigenvalue weighted by atomic mass is 16.5. The Kier molecular flexibility index (Phi) is 2.84. The Morgan fingerprint density at radius 1 is 1.29 bits per heavy atom. The van der Waals surface area contributed by atoms with E-state index >= 15 is 0 Å². The Hall–Kier alpha value is -2.28. The largest absolute Gasteiger partial charge is 0.496 e. The Bertz CT molecular complexity index is 593. The number of hydrogen-bond donors (Lipinski definition) is 1. The molecule has 2 aromatic rings. The standard InChI is InChI=1S/C13H13N3O/c1-8-4-9(2)13(12(5-8)17-3)11-6-10(7-14)15-16-11/h4-6H,1-3H3,(H,15,16). The van der Waals surface area contributed by atoms with Gasteiger partial charge in [0, 0.05) is 11.6 Å². The molecule has 1 aromatic carbocycles. The number of hydrogen-bond acceptors (Lipinski definition) is 3. The van der Waals surface area contributed by atoms with Gasteiger partial charge in [0.15, 0.2) is 5.69 Å². The highest BCUT2D eigenvalue weighted by Gasteiger charge is 2.12. The third-order valence-electron chi connectivity index (χ3n) is 2.63. The third kappa shape index (κ3) is 2.00. The lowest BCUT2D eigenvalue weighted by atomic mass is 10.0. The Labute approximate surface area is 99.9 Å². The van der Waals surface area contributed by atoms with Crippen LogP contribution in [0, 0.1) is 25.2 Å². The average Bonchev–Trinajstić information content (AvgIpc) is 2.76. The molecule has 0 radical (unpaired) electrons. The van der Waals surface area contributed by atoms with Crippen molar-refractivity contribution in [3.05, 3.63) is 35.0 Å². The molecule has 1 heterocycles. The Balaban J connectivity index is 2.62. The van der Waals surface area contributed by atoms with E-state index in [1.165, 1.54) is 0 Å². The minimum absolute atomic E-state index is 0.377. The lowest BCUT2D eigenvalue weighted by molar-refractivity contribution is 0.415. The molecule has 0 spiro atoms. The van der Waals surface area contributed by atoms with E-state index in [0.717, 1.165) is 28.1 Å². The van der Waals surface area contributed by atoms with Gasteiger partial charge in [-0.05, 0) is 31.0 Å². The zero-order chi connectivity index (χ0) is 12.4. The zero-order valence-electron chi connectivity index (χ0n) is 10.0. The van der Waals surface area contributed by atoms with Gasteiger partial charge in [-0.1, -0.05) is 6.07 Å². The predicted octanol–water partition coefficient (Wildman–Crippen LogP) is 2.57. The van der Waals surface area contributed by atoms with Crippen LogP contribution in [-0.4, -0.2) is 17.3 Å². The van der Waals surface area contributed by atoms with Gasteiger partial charge in [0.25, 0.3) is 0 Å². The van der Waals surface area contributed by atoms with Gasteiger partial charge in [0.2, 0.25) is 0 Å². The summed E-state index contributed by atoms with van der Waals surface area (Å²) in [7, 11) is 1.64. The molecule has 0 fully saturated rings. The molecule has 4 nitrogen and oxygen atoms in total. The van der Waals surface area contributed by atoms with E-state index in [1.54, 1.807) is 13.2 Å². The van der Waals surface area contributed by atoms with Crippen LogP contribution >= 0.6 is 0 Å². The van der Waals surface area contributed by atoms with Gasteiger partial charge < -0.3 is 4.74 Å². The second kappa shape index (κ2) is 4.30. The quantitative estimate of drug-likeness (QED) is 0.857. The molecule has 4 heteroatoms. The molecule has 0 bridgehead atoms. The number of aromatic nitrogens is 2. The third-order valence-corrected chi connectivity index (χ3v) is 2.63. The first-order valence-electron chi connectivity index (χ1n) is 5.27. The van der Waals surface area contributed by atoms with Crippen LogP contribution in [0.3, 0.4) is 0 Å². The van der Waals surface area contributed by atoms with E-state index in [-0.39, 0.29) is 0 Å². The maximum absolute atomic E-state index is 8.77. The minimum Gasteiger partial charge on any atom is -0.496 e. The maximum atomic E-state index is 8.77. The molecule has 0 atom stereocenters. The number of nitrogens with zero attached hydrogens (tertiary/aromatic N) is 2. The molecule has 0 aliphatic heterocycles. The van der Waals surface area contributed by atoms with Gasteiger partial charge in [0.1, 0.15) is 11.8 Å². The van der Waals surface area contributed by atoms with E-state index in [4.69, 9.17) is 10.00 Å². The molecule has 0 amide bonds. The molecule has 0 saturated carbocycles. The summed E-state index contributed by atoms with van der Waals surface area (Å²) in [6, 6.07) is 7.77. The normalized spacial score (nSPS) is 10.0. The second-order valence-corrected chi connectivity index (χ2v) is 3.94. The number of nitrogens with one attached hydrogen (secondary N) is 1. The van der Waals surface area contributed by atoms with Crippen LogP contribution in [0.5, 0.6) is 5.75 Å². The van der Waals surface area contributed by atoms with Crippen LogP contribution in [0.25, 0.3) is 11.3 Å². The number of H-pyrrole nitrogens is 1. The lowest BCUT2D eigenvalue weighted by Crippen LogP contribution is -1.92. The number of rotatable bonds is 2. The van der Waals surface area contributed by atoms with Crippen molar-refractivity contribution in [3.8, 4) is 23.1 Å². The fraction of sp³-hybridized carbons (Fsp3) is 0.231. The van der Waals surface area contributed by atoms with Gasteiger partial charge in [0.05, 0.1) is 12.8 Å². The second-order valence-electron chi connectivity index (χ2n) is 3.94. The first-order chi connectivity index (χ1) is 8.15. The van der Waals surface area contributed by atoms with Crippen molar-refractivity contribution in [2.75, 3.05) is 7.11 Å². The number of ether oxygens (including phenoxy) is 1. The summed E-state index contributed by atoms with van der Waals surface area (Å²) in [5, 5.41) is 15.5. The van der Waals surface area contributed by atoms with Crippen molar-refractivity contribution in [2.45, 2.75) is 13.8 Å². The average molecular weight is 227 g/mol. The smallest absolute Gasteiger partial charge is 0.162 e. The summed E-state index contributed by atoms with van der Waals surface area (Å²) in [6.07, 6.45) is 0. The van der Waals surface area contributed by atoms with Crippen molar-refractivity contribution in [1.29, 1.82) is 5.26 Å². The highest BCUT2D eigenvalue weighted by Crippen LogP contribution is 2.33. The van der Waals surface area contributed by atoms with Crippen molar-refractivity contribution in [3.63, 3.8) is 0 Å². The van der Waals surface area contributed by atoms with E-state index < -0.39 is 0 Å². The van der Waals surface area contributed by atoms with Crippen LogP contribution in [0.15, 0.2) is 18.2 Å². The SMILES string of the molecule is COc1cc(C)cc(C)c1-c1cc(C#N)n[nH]1. The number of aryl methyl sites for hydroxylation is 2. The molecular weight excluding hydrogens is 214 g/mol. The number of methoxy groups -OCH3 is 1. The molecule has 0 saturated heterocycles. The van der Waals surface area contributed by atoms with Crippen LogP contribution in [0.4, 0.5) is 0 Å². The van der Waals surface area contributed by atoms with E-state index in [2.05, 4.69) is 16.3 Å². The first-order valence-corrected chi connectivity index (χ1v) is 5.27.